The second kappa shape index (κ2) is 10.5. The van der Waals surface area contributed by atoms with Gasteiger partial charge in [-0.05, 0) is 24.6 Å². The van der Waals surface area contributed by atoms with Gasteiger partial charge in [0, 0.05) is 18.3 Å². The predicted octanol–water partition coefficient (Wildman–Crippen LogP) is 3.60. The number of para-hydroxylation sites is 1. The van der Waals surface area contributed by atoms with Crippen molar-refractivity contribution >= 4 is 46.7 Å². The summed E-state index contributed by atoms with van der Waals surface area (Å²) in [5.74, 6) is 1.06. The van der Waals surface area contributed by atoms with Crippen LogP contribution in [0.2, 0.25) is 10.0 Å². The lowest BCUT2D eigenvalue weighted by Crippen LogP contribution is -3.06. The zero-order chi connectivity index (χ0) is 22.5. The SMILES string of the molecule is CC[C@@H](c1nnc(SCC(=O)Nc2ncc(Cl)c(C)c2Cl)n1-c1ccccc1)[NH+](C)C. The van der Waals surface area contributed by atoms with Crippen LogP contribution in [0, 0.1) is 6.92 Å². The number of nitrogens with one attached hydrogen (secondary N) is 2. The topological polar surface area (TPSA) is 77.1 Å². The van der Waals surface area contributed by atoms with Crippen molar-refractivity contribution in [3.63, 3.8) is 0 Å². The Morgan fingerprint density at radius 3 is 2.58 bits per heavy atom. The minimum absolute atomic E-state index is 0.135. The highest BCUT2D eigenvalue weighted by Crippen LogP contribution is 2.29. The molecular formula is C21H25Cl2N6OS+. The molecule has 7 nitrogen and oxygen atoms in total. The summed E-state index contributed by atoms with van der Waals surface area (Å²) in [6, 6.07) is 10.1. The zero-order valence-electron chi connectivity index (χ0n) is 17.8. The Morgan fingerprint density at radius 1 is 1.23 bits per heavy atom. The maximum atomic E-state index is 12.6. The molecule has 0 aliphatic carbocycles. The van der Waals surface area contributed by atoms with Crippen LogP contribution in [0.15, 0.2) is 41.7 Å². The van der Waals surface area contributed by atoms with Crippen LogP contribution in [0.4, 0.5) is 5.82 Å². The number of thioether (sulfide) groups is 1. The van der Waals surface area contributed by atoms with Crippen molar-refractivity contribution in [1.82, 2.24) is 19.7 Å². The molecule has 1 amide bonds. The van der Waals surface area contributed by atoms with Crippen LogP contribution in [-0.4, -0.2) is 45.5 Å². The third kappa shape index (κ3) is 5.38. The van der Waals surface area contributed by atoms with Gasteiger partial charge >= 0.3 is 0 Å². The van der Waals surface area contributed by atoms with Gasteiger partial charge in [0.2, 0.25) is 5.91 Å². The monoisotopic (exact) mass is 479 g/mol. The predicted molar refractivity (Wildman–Crippen MR) is 126 cm³/mol. The molecule has 164 valence electrons. The van der Waals surface area contributed by atoms with Gasteiger partial charge in [-0.1, -0.05) is 60.1 Å². The number of amides is 1. The summed E-state index contributed by atoms with van der Waals surface area (Å²) in [5.41, 5.74) is 1.63. The number of benzene rings is 1. The average molecular weight is 480 g/mol. The molecule has 0 saturated carbocycles. The number of hydrogen-bond donors (Lipinski definition) is 2. The number of hydrogen-bond acceptors (Lipinski definition) is 5. The van der Waals surface area contributed by atoms with E-state index in [2.05, 4.69) is 41.5 Å². The quantitative estimate of drug-likeness (QED) is 0.482. The number of anilines is 1. The van der Waals surface area contributed by atoms with Gasteiger partial charge in [0.05, 0.1) is 29.9 Å². The smallest absolute Gasteiger partial charge is 0.236 e. The van der Waals surface area contributed by atoms with Crippen LogP contribution in [0.3, 0.4) is 0 Å². The molecule has 0 unspecified atom stereocenters. The van der Waals surface area contributed by atoms with Gasteiger partial charge in [-0.25, -0.2) is 4.98 Å². The molecule has 31 heavy (non-hydrogen) atoms. The highest BCUT2D eigenvalue weighted by molar-refractivity contribution is 7.99. The van der Waals surface area contributed by atoms with E-state index >= 15 is 0 Å². The van der Waals surface area contributed by atoms with Crippen molar-refractivity contribution in [3.8, 4) is 5.69 Å². The number of quaternary nitrogens is 1. The molecule has 0 fully saturated rings. The lowest BCUT2D eigenvalue weighted by molar-refractivity contribution is -0.893. The Morgan fingerprint density at radius 2 is 1.94 bits per heavy atom. The molecule has 0 aliphatic rings. The van der Waals surface area contributed by atoms with Crippen LogP contribution >= 0.6 is 35.0 Å². The van der Waals surface area contributed by atoms with E-state index in [1.807, 2.05) is 34.9 Å². The number of aromatic nitrogens is 4. The fourth-order valence-electron chi connectivity index (χ4n) is 3.21. The average Bonchev–Trinajstić information content (AvgIpc) is 3.17. The van der Waals surface area contributed by atoms with Crippen LogP contribution in [0.5, 0.6) is 0 Å². The molecule has 0 saturated heterocycles. The third-order valence-corrected chi connectivity index (χ3v) is 6.65. The fourth-order valence-corrected chi connectivity index (χ4v) is 4.36. The van der Waals surface area contributed by atoms with E-state index in [0.717, 1.165) is 17.9 Å². The van der Waals surface area contributed by atoms with Gasteiger partial charge in [-0.3, -0.25) is 9.36 Å². The van der Waals surface area contributed by atoms with E-state index < -0.39 is 0 Å². The molecule has 2 aromatic heterocycles. The highest BCUT2D eigenvalue weighted by Gasteiger charge is 2.26. The Balaban J connectivity index is 1.82. The molecular weight excluding hydrogens is 455 g/mol. The van der Waals surface area contributed by atoms with E-state index in [1.54, 1.807) is 6.92 Å². The van der Waals surface area contributed by atoms with Gasteiger partial charge in [0.15, 0.2) is 16.8 Å². The minimum atomic E-state index is -0.240. The molecule has 0 bridgehead atoms. The maximum Gasteiger partial charge on any atom is 0.236 e. The zero-order valence-corrected chi connectivity index (χ0v) is 20.1. The van der Waals surface area contributed by atoms with Crippen LogP contribution < -0.4 is 10.2 Å². The maximum absolute atomic E-state index is 12.6. The van der Waals surface area contributed by atoms with E-state index in [4.69, 9.17) is 23.2 Å². The Labute approximate surface area is 196 Å². The largest absolute Gasteiger partial charge is 0.331 e. The second-order valence-electron chi connectivity index (χ2n) is 7.28. The van der Waals surface area contributed by atoms with E-state index in [1.165, 1.54) is 22.9 Å². The molecule has 0 spiro atoms. The summed E-state index contributed by atoms with van der Waals surface area (Å²) in [6.07, 6.45) is 2.39. The minimum Gasteiger partial charge on any atom is -0.331 e. The summed E-state index contributed by atoms with van der Waals surface area (Å²) in [6.45, 7) is 3.91. The first kappa shape index (κ1) is 23.5. The van der Waals surface area contributed by atoms with E-state index in [-0.39, 0.29) is 17.7 Å². The van der Waals surface area contributed by atoms with Crippen LogP contribution in [0.1, 0.15) is 30.8 Å². The number of carbonyl (C=O) groups is 1. The number of carbonyl (C=O) groups excluding carboxylic acids is 1. The Kier molecular flexibility index (Phi) is 7.94. The Hall–Kier alpha value is -2.13. The van der Waals surface area contributed by atoms with Gasteiger partial charge in [0.25, 0.3) is 0 Å². The highest BCUT2D eigenvalue weighted by atomic mass is 35.5. The van der Waals surface area contributed by atoms with Crippen molar-refractivity contribution in [2.45, 2.75) is 31.5 Å². The fraction of sp³-hybridized carbons (Fsp3) is 0.333. The molecule has 0 radical (unpaired) electrons. The standard InChI is InChI=1S/C21H24Cl2N6OS/c1-5-16(28(3)4)20-26-27-21(29(20)14-9-7-6-8-10-14)31-12-17(30)25-19-18(23)13(2)15(22)11-24-19/h6-11,16H,5,12H2,1-4H3,(H,24,25,30)/p+1/t16-/m0/s1. The van der Waals surface area contributed by atoms with Gasteiger partial charge in [0.1, 0.15) is 6.04 Å². The molecule has 0 aliphatic heterocycles. The summed E-state index contributed by atoms with van der Waals surface area (Å²) in [4.78, 5) is 17.9. The number of rotatable bonds is 8. The lowest BCUT2D eigenvalue weighted by Gasteiger charge is -2.20. The first-order valence-electron chi connectivity index (χ1n) is 9.87. The van der Waals surface area contributed by atoms with Crippen molar-refractivity contribution < 1.29 is 9.69 Å². The summed E-state index contributed by atoms with van der Waals surface area (Å²) < 4.78 is 2.02. The molecule has 3 rings (SSSR count). The Bertz CT molecular complexity index is 1060. The normalized spacial score (nSPS) is 12.2. The summed E-state index contributed by atoms with van der Waals surface area (Å²) in [7, 11) is 4.20. The first-order chi connectivity index (χ1) is 14.8. The number of pyridine rings is 1. The number of halogens is 2. The molecule has 2 N–H and O–H groups in total. The number of nitrogens with zero attached hydrogens (tertiary/aromatic N) is 4. The van der Waals surface area contributed by atoms with Crippen molar-refractivity contribution in [2.75, 3.05) is 25.2 Å². The first-order valence-corrected chi connectivity index (χ1v) is 11.6. The van der Waals surface area contributed by atoms with E-state index in [9.17, 15) is 4.79 Å². The van der Waals surface area contributed by atoms with E-state index in [0.29, 0.717) is 26.6 Å². The van der Waals surface area contributed by atoms with Crippen molar-refractivity contribution in [2.24, 2.45) is 0 Å². The lowest BCUT2D eigenvalue weighted by atomic mass is 10.2. The van der Waals surface area contributed by atoms with Crippen LogP contribution in [-0.2, 0) is 4.79 Å². The molecule has 1 aromatic carbocycles. The van der Waals surface area contributed by atoms with Gasteiger partial charge in [-0.15, -0.1) is 10.2 Å². The summed E-state index contributed by atoms with van der Waals surface area (Å²) >= 11 is 13.6. The van der Waals surface area contributed by atoms with Crippen molar-refractivity contribution in [1.29, 1.82) is 0 Å². The molecule has 2 heterocycles. The van der Waals surface area contributed by atoms with Crippen molar-refractivity contribution in [3.05, 3.63) is 58.0 Å². The molecule has 10 heteroatoms. The summed E-state index contributed by atoms with van der Waals surface area (Å²) in [5, 5.41) is 13.0. The second-order valence-corrected chi connectivity index (χ2v) is 9.01. The van der Waals surface area contributed by atoms with Crippen LogP contribution in [0.25, 0.3) is 5.69 Å². The molecule has 1 atom stereocenters. The third-order valence-electron chi connectivity index (χ3n) is 4.88. The van der Waals surface area contributed by atoms with Gasteiger partial charge in [-0.2, -0.15) is 0 Å². The molecule has 3 aromatic rings. The van der Waals surface area contributed by atoms with Gasteiger partial charge < -0.3 is 10.2 Å².